The van der Waals surface area contributed by atoms with Crippen LogP contribution < -0.4 is 10.6 Å². The van der Waals surface area contributed by atoms with Crippen LogP contribution >= 0.6 is 23.1 Å². The third-order valence-electron chi connectivity index (χ3n) is 3.89. The first-order valence-corrected chi connectivity index (χ1v) is 10.7. The number of aromatic nitrogens is 2. The predicted octanol–water partition coefficient (Wildman–Crippen LogP) is 4.07. The van der Waals surface area contributed by atoms with E-state index in [2.05, 4.69) is 20.8 Å². The number of hydrogen-bond donors (Lipinski definition) is 2. The standard InChI is InChI=1S/C20H19FN4O2S2/c1-13(26)22-11-10-14-2-4-15(5-3-14)18(27)12-28-20-25-24-19(29-20)23-17-8-6-16(21)7-9-17/h2-9H,10-12H2,1H3,(H,22,26)(H,23,24). The number of carbonyl (C=O) groups excluding carboxylic acids is 2. The van der Waals surface area contributed by atoms with E-state index in [-0.39, 0.29) is 23.3 Å². The Morgan fingerprint density at radius 1 is 1.07 bits per heavy atom. The zero-order valence-corrected chi connectivity index (χ0v) is 17.3. The van der Waals surface area contributed by atoms with Crippen LogP contribution in [0.25, 0.3) is 0 Å². The Morgan fingerprint density at radius 2 is 1.79 bits per heavy atom. The summed E-state index contributed by atoms with van der Waals surface area (Å²) in [5, 5.41) is 14.5. The van der Waals surface area contributed by atoms with Crippen molar-refractivity contribution in [1.82, 2.24) is 15.5 Å². The highest BCUT2D eigenvalue weighted by Crippen LogP contribution is 2.28. The van der Waals surface area contributed by atoms with Crippen LogP contribution in [0.2, 0.25) is 0 Å². The first kappa shape index (κ1) is 20.9. The molecule has 3 rings (SSSR count). The summed E-state index contributed by atoms with van der Waals surface area (Å²) in [6, 6.07) is 13.4. The van der Waals surface area contributed by atoms with Crippen LogP contribution in [0.5, 0.6) is 0 Å². The van der Waals surface area contributed by atoms with E-state index in [9.17, 15) is 14.0 Å². The van der Waals surface area contributed by atoms with E-state index in [0.717, 1.165) is 12.0 Å². The molecule has 0 aliphatic carbocycles. The predicted molar refractivity (Wildman–Crippen MR) is 113 cm³/mol. The van der Waals surface area contributed by atoms with Crippen molar-refractivity contribution in [3.63, 3.8) is 0 Å². The summed E-state index contributed by atoms with van der Waals surface area (Å²) < 4.78 is 13.6. The first-order chi connectivity index (χ1) is 14.0. The van der Waals surface area contributed by atoms with Crippen LogP contribution in [-0.2, 0) is 11.2 Å². The highest BCUT2D eigenvalue weighted by molar-refractivity contribution is 8.01. The van der Waals surface area contributed by atoms with Crippen LogP contribution in [0, 0.1) is 5.82 Å². The van der Waals surface area contributed by atoms with Crippen molar-refractivity contribution in [3.05, 3.63) is 65.5 Å². The molecule has 1 heterocycles. The number of rotatable bonds is 9. The Hall–Kier alpha value is -2.78. The van der Waals surface area contributed by atoms with Gasteiger partial charge in [-0.15, -0.1) is 10.2 Å². The second kappa shape index (κ2) is 10.1. The van der Waals surface area contributed by atoms with E-state index >= 15 is 0 Å². The summed E-state index contributed by atoms with van der Waals surface area (Å²) in [6.45, 7) is 2.06. The number of ketones is 1. The maximum Gasteiger partial charge on any atom is 0.216 e. The van der Waals surface area contributed by atoms with Crippen molar-refractivity contribution in [3.8, 4) is 0 Å². The van der Waals surface area contributed by atoms with Crippen molar-refractivity contribution < 1.29 is 14.0 Å². The monoisotopic (exact) mass is 430 g/mol. The lowest BCUT2D eigenvalue weighted by Gasteiger charge is -2.04. The molecule has 1 amide bonds. The summed E-state index contributed by atoms with van der Waals surface area (Å²) in [6.07, 6.45) is 0.720. The van der Waals surface area contributed by atoms with Crippen LogP contribution in [-0.4, -0.2) is 34.2 Å². The Morgan fingerprint density at radius 3 is 2.48 bits per heavy atom. The minimum atomic E-state index is -0.302. The van der Waals surface area contributed by atoms with E-state index in [1.807, 2.05) is 12.1 Å². The van der Waals surface area contributed by atoms with Gasteiger partial charge in [-0.3, -0.25) is 9.59 Å². The lowest BCUT2D eigenvalue weighted by molar-refractivity contribution is -0.118. The molecule has 0 saturated carbocycles. The van der Waals surface area contributed by atoms with Crippen LogP contribution in [0.1, 0.15) is 22.8 Å². The molecule has 2 aromatic carbocycles. The lowest BCUT2D eigenvalue weighted by Crippen LogP contribution is -2.22. The number of thioether (sulfide) groups is 1. The molecule has 0 fully saturated rings. The zero-order chi connectivity index (χ0) is 20.6. The average Bonchev–Trinajstić information content (AvgIpc) is 3.15. The molecule has 0 saturated heterocycles. The van der Waals surface area contributed by atoms with Gasteiger partial charge in [0.15, 0.2) is 10.1 Å². The highest BCUT2D eigenvalue weighted by atomic mass is 32.2. The van der Waals surface area contributed by atoms with Crippen molar-refractivity contribution in [2.75, 3.05) is 17.6 Å². The fraction of sp³-hybridized carbons (Fsp3) is 0.200. The molecule has 150 valence electrons. The normalized spacial score (nSPS) is 10.6. The van der Waals surface area contributed by atoms with Gasteiger partial charge in [-0.2, -0.15) is 0 Å². The Bertz CT molecular complexity index is 975. The van der Waals surface area contributed by atoms with Crippen LogP contribution in [0.15, 0.2) is 52.9 Å². The lowest BCUT2D eigenvalue weighted by atomic mass is 10.1. The molecule has 29 heavy (non-hydrogen) atoms. The Labute approximate surface area is 175 Å². The Kier molecular flexibility index (Phi) is 7.31. The quantitative estimate of drug-likeness (QED) is 0.393. The molecule has 0 atom stereocenters. The van der Waals surface area contributed by atoms with Gasteiger partial charge in [0, 0.05) is 24.7 Å². The van der Waals surface area contributed by atoms with Crippen molar-refractivity contribution >= 4 is 45.6 Å². The first-order valence-electron chi connectivity index (χ1n) is 8.85. The molecule has 1 aromatic heterocycles. The number of Topliss-reactive ketones (excluding diaryl/α,β-unsaturated/α-hetero) is 1. The van der Waals surface area contributed by atoms with E-state index in [1.165, 1.54) is 42.2 Å². The molecule has 0 aliphatic heterocycles. The van der Waals surface area contributed by atoms with Gasteiger partial charge in [-0.1, -0.05) is 47.4 Å². The van der Waals surface area contributed by atoms with Crippen LogP contribution in [0.3, 0.4) is 0 Å². The van der Waals surface area contributed by atoms with E-state index < -0.39 is 0 Å². The second-order valence-electron chi connectivity index (χ2n) is 6.15. The molecule has 0 unspecified atom stereocenters. The second-order valence-corrected chi connectivity index (χ2v) is 8.35. The summed E-state index contributed by atoms with van der Waals surface area (Å²) in [5.74, 6) is -0.0901. The number of benzene rings is 2. The highest BCUT2D eigenvalue weighted by Gasteiger charge is 2.10. The van der Waals surface area contributed by atoms with Crippen molar-refractivity contribution in [2.24, 2.45) is 0 Å². The van der Waals surface area contributed by atoms with Gasteiger partial charge in [0.25, 0.3) is 0 Å². The molecule has 0 spiro atoms. The number of carbonyl (C=O) groups is 2. The van der Waals surface area contributed by atoms with Gasteiger partial charge in [0.05, 0.1) is 5.75 Å². The van der Waals surface area contributed by atoms with Crippen molar-refractivity contribution in [1.29, 1.82) is 0 Å². The Balaban J connectivity index is 1.48. The number of nitrogens with one attached hydrogen (secondary N) is 2. The molecule has 3 aromatic rings. The number of amides is 1. The molecular formula is C20H19FN4O2S2. The summed E-state index contributed by atoms with van der Waals surface area (Å²) in [7, 11) is 0. The topological polar surface area (TPSA) is 84.0 Å². The van der Waals surface area contributed by atoms with Gasteiger partial charge >= 0.3 is 0 Å². The molecule has 9 heteroatoms. The zero-order valence-electron chi connectivity index (χ0n) is 15.6. The SMILES string of the molecule is CC(=O)NCCc1ccc(C(=O)CSc2nnc(Nc3ccc(F)cc3)s2)cc1. The van der Waals surface area contributed by atoms with E-state index in [4.69, 9.17) is 0 Å². The molecule has 6 nitrogen and oxygen atoms in total. The third-order valence-corrected chi connectivity index (χ3v) is 5.86. The minimum Gasteiger partial charge on any atom is -0.356 e. The average molecular weight is 431 g/mol. The third kappa shape index (κ3) is 6.65. The molecule has 0 bridgehead atoms. The van der Waals surface area contributed by atoms with Gasteiger partial charge in [0.2, 0.25) is 11.0 Å². The van der Waals surface area contributed by atoms with Gasteiger partial charge < -0.3 is 10.6 Å². The summed E-state index contributed by atoms with van der Waals surface area (Å²) in [5.41, 5.74) is 2.41. The molecule has 0 aliphatic rings. The number of nitrogens with zero attached hydrogens (tertiary/aromatic N) is 2. The molecule has 2 N–H and O–H groups in total. The fourth-order valence-electron chi connectivity index (χ4n) is 2.43. The fourth-order valence-corrected chi connectivity index (χ4v) is 4.09. The van der Waals surface area contributed by atoms with Crippen molar-refractivity contribution in [2.45, 2.75) is 17.7 Å². The van der Waals surface area contributed by atoms with Gasteiger partial charge in [-0.05, 0) is 36.2 Å². The summed E-state index contributed by atoms with van der Waals surface area (Å²) in [4.78, 5) is 23.3. The maximum absolute atomic E-state index is 12.9. The van der Waals surface area contributed by atoms with Crippen LogP contribution in [0.4, 0.5) is 15.2 Å². The smallest absolute Gasteiger partial charge is 0.216 e. The van der Waals surface area contributed by atoms with E-state index in [1.54, 1.807) is 24.3 Å². The summed E-state index contributed by atoms with van der Waals surface area (Å²) >= 11 is 2.66. The molecular weight excluding hydrogens is 411 g/mol. The largest absolute Gasteiger partial charge is 0.356 e. The molecule has 0 radical (unpaired) electrons. The number of halogens is 1. The number of anilines is 2. The van der Waals surface area contributed by atoms with Gasteiger partial charge in [-0.25, -0.2) is 4.39 Å². The van der Waals surface area contributed by atoms with E-state index in [0.29, 0.717) is 27.3 Å². The minimum absolute atomic E-state index is 0.00616. The number of hydrogen-bond acceptors (Lipinski definition) is 7. The van der Waals surface area contributed by atoms with Gasteiger partial charge in [0.1, 0.15) is 5.82 Å². The maximum atomic E-state index is 12.9.